The fraction of sp³-hybridized carbons (Fsp3) is 1.00. The molecule has 0 amide bonds. The van der Waals surface area contributed by atoms with Crippen molar-refractivity contribution < 1.29 is 17.4 Å². The maximum absolute atomic E-state index is 10.6. The van der Waals surface area contributed by atoms with Gasteiger partial charge < -0.3 is 4.74 Å². The van der Waals surface area contributed by atoms with Gasteiger partial charge in [-0.1, -0.05) is 0 Å². The maximum Gasteiger partial charge on any atom is 0.285 e. The van der Waals surface area contributed by atoms with Gasteiger partial charge in [-0.2, -0.15) is 18.2 Å². The zero-order valence-corrected chi connectivity index (χ0v) is 6.77. The Balaban J connectivity index is 3.65. The van der Waals surface area contributed by atoms with Crippen LogP contribution in [0.1, 0.15) is 0 Å². The molecule has 0 aromatic heterocycles. The van der Waals surface area contributed by atoms with Crippen LogP contribution in [0.5, 0.6) is 0 Å². The lowest BCUT2D eigenvalue weighted by molar-refractivity contribution is 0.200. The summed E-state index contributed by atoms with van der Waals surface area (Å²) in [6.07, 6.45) is 0. The average Bonchev–Trinajstić information content (AvgIpc) is 1.84. The van der Waals surface area contributed by atoms with E-state index >= 15 is 0 Å². The molecule has 0 saturated carbocycles. The van der Waals surface area contributed by atoms with Crippen LogP contribution < -0.4 is 5.48 Å². The highest BCUT2D eigenvalue weighted by molar-refractivity contribution is 7.86. The zero-order chi connectivity index (χ0) is 8.04. The van der Waals surface area contributed by atoms with Gasteiger partial charge in [-0.05, 0) is 0 Å². The largest absolute Gasteiger partial charge is 0.384 e. The lowest BCUT2D eigenvalue weighted by Crippen LogP contribution is -2.20. The molecule has 0 aliphatic heterocycles. The summed E-state index contributed by atoms with van der Waals surface area (Å²) >= 11 is 0. The Kier molecular flexibility index (Phi) is 4.54. The van der Waals surface area contributed by atoms with E-state index in [-0.39, 0.29) is 12.4 Å². The molecular formula is C4H11NO4S. The van der Waals surface area contributed by atoms with Gasteiger partial charge >= 0.3 is 0 Å². The second-order valence-electron chi connectivity index (χ2n) is 1.54. The minimum atomic E-state index is -3.43. The van der Waals surface area contributed by atoms with Crippen molar-refractivity contribution >= 4 is 10.1 Å². The monoisotopic (exact) mass is 169 g/mol. The van der Waals surface area contributed by atoms with Crippen molar-refractivity contribution in [1.29, 1.82) is 0 Å². The number of hydrogen-bond donors (Lipinski definition) is 1. The van der Waals surface area contributed by atoms with Crippen molar-refractivity contribution in [2.75, 3.05) is 26.5 Å². The molecular weight excluding hydrogens is 158 g/mol. The van der Waals surface area contributed by atoms with Gasteiger partial charge in [-0.15, -0.1) is 0 Å². The molecule has 0 aliphatic carbocycles. The SMILES string of the molecule is CNOS(=O)(=O)CCOC. The van der Waals surface area contributed by atoms with E-state index in [1.807, 2.05) is 0 Å². The maximum atomic E-state index is 10.6. The van der Waals surface area contributed by atoms with Crippen LogP contribution in [0.3, 0.4) is 0 Å². The summed E-state index contributed by atoms with van der Waals surface area (Å²) in [4.78, 5) is 0. The van der Waals surface area contributed by atoms with Gasteiger partial charge in [-0.25, -0.2) is 0 Å². The van der Waals surface area contributed by atoms with E-state index in [4.69, 9.17) is 0 Å². The lowest BCUT2D eigenvalue weighted by Gasteiger charge is -2.00. The first-order valence-electron chi connectivity index (χ1n) is 2.69. The number of rotatable bonds is 5. The smallest absolute Gasteiger partial charge is 0.285 e. The van der Waals surface area contributed by atoms with E-state index in [2.05, 4.69) is 14.5 Å². The van der Waals surface area contributed by atoms with E-state index in [1.165, 1.54) is 14.2 Å². The van der Waals surface area contributed by atoms with E-state index in [0.717, 1.165) is 0 Å². The van der Waals surface area contributed by atoms with Crippen molar-refractivity contribution in [2.24, 2.45) is 0 Å². The second kappa shape index (κ2) is 4.62. The van der Waals surface area contributed by atoms with E-state index in [9.17, 15) is 8.42 Å². The van der Waals surface area contributed by atoms with Crippen molar-refractivity contribution in [3.05, 3.63) is 0 Å². The second-order valence-corrected chi connectivity index (χ2v) is 3.23. The predicted octanol–water partition coefficient (Wildman–Crippen LogP) is -0.886. The topological polar surface area (TPSA) is 64.6 Å². The Bertz CT molecular complexity index is 164. The van der Waals surface area contributed by atoms with Gasteiger partial charge in [0.15, 0.2) is 0 Å². The summed E-state index contributed by atoms with van der Waals surface area (Å²) < 4.78 is 30.0. The quantitative estimate of drug-likeness (QED) is 0.541. The molecule has 0 unspecified atom stereocenters. The van der Waals surface area contributed by atoms with E-state index in [1.54, 1.807) is 0 Å². The Morgan fingerprint density at radius 2 is 2.10 bits per heavy atom. The molecule has 0 aliphatic rings. The Hall–Kier alpha value is -0.170. The highest BCUT2D eigenvalue weighted by Crippen LogP contribution is 1.88. The minimum Gasteiger partial charge on any atom is -0.384 e. The molecule has 1 N–H and O–H groups in total. The van der Waals surface area contributed by atoms with Crippen LogP contribution in [-0.2, 0) is 19.1 Å². The van der Waals surface area contributed by atoms with Gasteiger partial charge in [0.25, 0.3) is 10.1 Å². The average molecular weight is 169 g/mol. The molecule has 62 valence electrons. The third kappa shape index (κ3) is 4.68. The minimum absolute atomic E-state index is 0.135. The summed E-state index contributed by atoms with van der Waals surface area (Å²) in [6, 6.07) is 0. The molecule has 5 nitrogen and oxygen atoms in total. The highest BCUT2D eigenvalue weighted by atomic mass is 32.2. The fourth-order valence-electron chi connectivity index (χ4n) is 0.354. The fourth-order valence-corrected chi connectivity index (χ4v) is 1.06. The van der Waals surface area contributed by atoms with E-state index in [0.29, 0.717) is 0 Å². The van der Waals surface area contributed by atoms with Gasteiger partial charge in [0.2, 0.25) is 0 Å². The zero-order valence-electron chi connectivity index (χ0n) is 5.96. The first-order valence-corrected chi connectivity index (χ1v) is 4.27. The van der Waals surface area contributed by atoms with Crippen molar-refractivity contribution in [2.45, 2.75) is 0 Å². The lowest BCUT2D eigenvalue weighted by atomic mass is 10.9. The highest BCUT2D eigenvalue weighted by Gasteiger charge is 2.08. The number of nitrogens with one attached hydrogen (secondary N) is 1. The summed E-state index contributed by atoms with van der Waals surface area (Å²) in [5.74, 6) is -0.135. The number of hydroxylamine groups is 1. The van der Waals surface area contributed by atoms with Crippen LogP contribution in [0.2, 0.25) is 0 Å². The third-order valence-electron chi connectivity index (χ3n) is 0.748. The molecule has 0 rings (SSSR count). The standard InChI is InChI=1S/C4H11NO4S/c1-5-9-10(6,7)4-3-8-2/h5H,3-4H2,1-2H3. The molecule has 6 heteroatoms. The van der Waals surface area contributed by atoms with Crippen molar-refractivity contribution in [3.63, 3.8) is 0 Å². The van der Waals surface area contributed by atoms with Gasteiger partial charge in [0.1, 0.15) is 5.75 Å². The van der Waals surface area contributed by atoms with Crippen molar-refractivity contribution in [3.8, 4) is 0 Å². The molecule has 0 radical (unpaired) electrons. The van der Waals surface area contributed by atoms with Crippen LogP contribution in [0.4, 0.5) is 0 Å². The summed E-state index contributed by atoms with van der Waals surface area (Å²) in [5.41, 5.74) is 2.07. The number of ether oxygens (including phenoxy) is 1. The molecule has 0 bridgehead atoms. The molecule has 0 atom stereocenters. The molecule has 10 heavy (non-hydrogen) atoms. The Morgan fingerprint density at radius 1 is 1.50 bits per heavy atom. The number of methoxy groups -OCH3 is 1. The summed E-state index contributed by atoms with van der Waals surface area (Å²) in [6.45, 7) is 0.143. The van der Waals surface area contributed by atoms with Crippen molar-refractivity contribution in [1.82, 2.24) is 5.48 Å². The first-order chi connectivity index (χ1) is 4.62. The molecule has 0 saturated heterocycles. The van der Waals surface area contributed by atoms with Gasteiger partial charge in [-0.3, -0.25) is 0 Å². The normalized spacial score (nSPS) is 11.8. The van der Waals surface area contributed by atoms with Crippen LogP contribution in [0.25, 0.3) is 0 Å². The molecule has 0 spiro atoms. The molecule has 0 heterocycles. The Morgan fingerprint density at radius 3 is 2.50 bits per heavy atom. The van der Waals surface area contributed by atoms with Crippen LogP contribution in [0.15, 0.2) is 0 Å². The molecule has 0 aromatic carbocycles. The van der Waals surface area contributed by atoms with Crippen LogP contribution >= 0.6 is 0 Å². The third-order valence-corrected chi connectivity index (χ3v) is 1.84. The molecule has 0 aromatic rings. The molecule has 0 fully saturated rings. The van der Waals surface area contributed by atoms with Crippen LogP contribution in [0, 0.1) is 0 Å². The Labute approximate surface area is 60.4 Å². The number of hydrogen-bond acceptors (Lipinski definition) is 5. The van der Waals surface area contributed by atoms with E-state index < -0.39 is 10.1 Å². The summed E-state index contributed by atoms with van der Waals surface area (Å²) in [7, 11) is -0.625. The summed E-state index contributed by atoms with van der Waals surface area (Å²) in [5, 5.41) is 0. The predicted molar refractivity (Wildman–Crippen MR) is 35.8 cm³/mol. The first kappa shape index (κ1) is 9.83. The van der Waals surface area contributed by atoms with Crippen LogP contribution in [-0.4, -0.2) is 34.9 Å². The van der Waals surface area contributed by atoms with Gasteiger partial charge in [0.05, 0.1) is 6.61 Å². The van der Waals surface area contributed by atoms with Gasteiger partial charge in [0, 0.05) is 14.2 Å².